The summed E-state index contributed by atoms with van der Waals surface area (Å²) in [5.41, 5.74) is -0.149. The monoisotopic (exact) mass is 361 g/mol. The third-order valence-corrected chi connectivity index (χ3v) is 4.46. The summed E-state index contributed by atoms with van der Waals surface area (Å²) in [7, 11) is 2.82. The molecule has 0 bridgehead atoms. The van der Waals surface area contributed by atoms with Crippen molar-refractivity contribution in [3.05, 3.63) is 56.8 Å². The Balaban J connectivity index is 1.84. The molecule has 0 N–H and O–H groups in total. The van der Waals surface area contributed by atoms with Crippen molar-refractivity contribution in [3.8, 4) is 0 Å². The summed E-state index contributed by atoms with van der Waals surface area (Å²) < 4.78 is 11.5. The third-order valence-electron chi connectivity index (χ3n) is 3.69. The van der Waals surface area contributed by atoms with Crippen LogP contribution >= 0.6 is 11.3 Å². The summed E-state index contributed by atoms with van der Waals surface area (Å²) in [6.45, 7) is 1.74. The first kappa shape index (κ1) is 16.9. The van der Waals surface area contributed by atoms with Crippen LogP contribution in [0.1, 0.15) is 32.2 Å². The normalized spacial score (nSPS) is 10.8. The first-order valence-corrected chi connectivity index (χ1v) is 8.18. The zero-order valence-corrected chi connectivity index (χ0v) is 14.6. The van der Waals surface area contributed by atoms with E-state index in [9.17, 15) is 14.4 Å². The fourth-order valence-electron chi connectivity index (χ4n) is 2.42. The third kappa shape index (κ3) is 3.05. The van der Waals surface area contributed by atoms with E-state index in [0.717, 1.165) is 0 Å². The first-order chi connectivity index (χ1) is 11.9. The SMILES string of the molecule is COC(=O)c1cc(CN(C)C(=O)c2cnc3sccn3c2=O)oc1C. The molecule has 0 aromatic carbocycles. The number of ether oxygens (including phenoxy) is 1. The van der Waals surface area contributed by atoms with Crippen LogP contribution in [0.25, 0.3) is 4.96 Å². The molecule has 3 aromatic rings. The number of amides is 1. The van der Waals surface area contributed by atoms with Crippen molar-refractivity contribution in [2.45, 2.75) is 13.5 Å². The number of hydrogen-bond acceptors (Lipinski definition) is 7. The molecule has 0 saturated heterocycles. The number of thiazole rings is 1. The number of hydrogen-bond donors (Lipinski definition) is 0. The second-order valence-electron chi connectivity index (χ2n) is 5.37. The molecule has 0 atom stereocenters. The highest BCUT2D eigenvalue weighted by atomic mass is 32.1. The minimum absolute atomic E-state index is 0.0325. The molecule has 9 heteroatoms. The molecule has 0 aliphatic heterocycles. The lowest BCUT2D eigenvalue weighted by molar-refractivity contribution is 0.0598. The maximum atomic E-state index is 12.6. The van der Waals surface area contributed by atoms with Crippen LogP contribution in [0.4, 0.5) is 0 Å². The topological polar surface area (TPSA) is 94.1 Å². The Morgan fingerprint density at radius 1 is 1.40 bits per heavy atom. The van der Waals surface area contributed by atoms with E-state index in [4.69, 9.17) is 4.42 Å². The number of fused-ring (bicyclic) bond motifs is 1. The summed E-state index contributed by atoms with van der Waals surface area (Å²) >= 11 is 1.31. The number of esters is 1. The van der Waals surface area contributed by atoms with Gasteiger partial charge in [-0.1, -0.05) is 0 Å². The maximum Gasteiger partial charge on any atom is 0.341 e. The molecule has 0 aliphatic rings. The number of methoxy groups -OCH3 is 1. The Kier molecular flexibility index (Phi) is 4.41. The first-order valence-electron chi connectivity index (χ1n) is 7.30. The van der Waals surface area contributed by atoms with Gasteiger partial charge in [-0.3, -0.25) is 14.0 Å². The van der Waals surface area contributed by atoms with Crippen LogP contribution < -0.4 is 5.56 Å². The van der Waals surface area contributed by atoms with Crippen LogP contribution in [0.5, 0.6) is 0 Å². The maximum absolute atomic E-state index is 12.6. The summed E-state index contributed by atoms with van der Waals surface area (Å²) in [5, 5.41) is 1.72. The quantitative estimate of drug-likeness (QED) is 0.657. The van der Waals surface area contributed by atoms with Crippen LogP contribution in [0.2, 0.25) is 0 Å². The lowest BCUT2D eigenvalue weighted by Crippen LogP contribution is -2.32. The van der Waals surface area contributed by atoms with E-state index in [1.165, 1.54) is 40.0 Å². The number of aryl methyl sites for hydroxylation is 1. The van der Waals surface area contributed by atoms with Gasteiger partial charge >= 0.3 is 5.97 Å². The second-order valence-corrected chi connectivity index (χ2v) is 6.24. The van der Waals surface area contributed by atoms with Gasteiger partial charge in [0.25, 0.3) is 11.5 Å². The molecular formula is C16H15N3O5S. The summed E-state index contributed by atoms with van der Waals surface area (Å²) in [4.78, 5) is 42.5. The average molecular weight is 361 g/mol. The predicted molar refractivity (Wildman–Crippen MR) is 89.9 cm³/mol. The Morgan fingerprint density at radius 3 is 2.88 bits per heavy atom. The Labute approximate surface area is 146 Å². The number of carbonyl (C=O) groups is 2. The summed E-state index contributed by atoms with van der Waals surface area (Å²) in [5.74, 6) is -0.166. The second kappa shape index (κ2) is 6.52. The summed E-state index contributed by atoms with van der Waals surface area (Å²) in [6, 6.07) is 1.53. The van der Waals surface area contributed by atoms with E-state index in [2.05, 4.69) is 9.72 Å². The molecule has 0 spiro atoms. The van der Waals surface area contributed by atoms with E-state index in [1.807, 2.05) is 0 Å². The molecule has 130 valence electrons. The lowest BCUT2D eigenvalue weighted by atomic mass is 10.2. The van der Waals surface area contributed by atoms with Gasteiger partial charge in [-0.2, -0.15) is 0 Å². The number of nitrogens with zero attached hydrogens (tertiary/aromatic N) is 3. The van der Waals surface area contributed by atoms with Gasteiger partial charge in [0.05, 0.1) is 13.7 Å². The Morgan fingerprint density at radius 2 is 2.16 bits per heavy atom. The van der Waals surface area contributed by atoms with Crippen molar-refractivity contribution in [2.75, 3.05) is 14.2 Å². The summed E-state index contributed by atoms with van der Waals surface area (Å²) in [6.07, 6.45) is 2.85. The molecule has 0 radical (unpaired) electrons. The van der Waals surface area contributed by atoms with Crippen molar-refractivity contribution >= 4 is 28.2 Å². The van der Waals surface area contributed by atoms with Crippen LogP contribution in [0.3, 0.4) is 0 Å². The van der Waals surface area contributed by atoms with Gasteiger partial charge in [0.2, 0.25) is 0 Å². The highest BCUT2D eigenvalue weighted by molar-refractivity contribution is 7.15. The molecular weight excluding hydrogens is 346 g/mol. The Bertz CT molecular complexity index is 1020. The van der Waals surface area contributed by atoms with Gasteiger partial charge in [0.1, 0.15) is 22.6 Å². The van der Waals surface area contributed by atoms with Crippen LogP contribution in [0, 0.1) is 6.92 Å². The molecule has 0 saturated carbocycles. The van der Waals surface area contributed by atoms with Crippen molar-refractivity contribution < 1.29 is 18.7 Å². The lowest BCUT2D eigenvalue weighted by Gasteiger charge is -2.15. The number of carbonyl (C=O) groups excluding carboxylic acids is 2. The van der Waals surface area contributed by atoms with Gasteiger partial charge in [-0.15, -0.1) is 11.3 Å². The van der Waals surface area contributed by atoms with E-state index < -0.39 is 17.4 Å². The van der Waals surface area contributed by atoms with E-state index in [1.54, 1.807) is 25.5 Å². The number of rotatable bonds is 4. The molecule has 0 unspecified atom stereocenters. The molecule has 1 amide bonds. The molecule has 3 aromatic heterocycles. The van der Waals surface area contributed by atoms with Crippen molar-refractivity contribution in [3.63, 3.8) is 0 Å². The van der Waals surface area contributed by atoms with Crippen molar-refractivity contribution in [1.82, 2.24) is 14.3 Å². The standard InChI is InChI=1S/C16H15N3O5S/c1-9-11(15(22)23-3)6-10(24-9)8-18(2)13(20)12-7-17-16-19(14(12)21)4-5-25-16/h4-7H,8H2,1-3H3. The zero-order chi connectivity index (χ0) is 18.1. The van der Waals surface area contributed by atoms with Gasteiger partial charge in [-0.25, -0.2) is 9.78 Å². The van der Waals surface area contributed by atoms with Crippen molar-refractivity contribution in [1.29, 1.82) is 0 Å². The minimum atomic E-state index is -0.508. The molecule has 3 heterocycles. The van der Waals surface area contributed by atoms with Gasteiger partial charge in [-0.05, 0) is 13.0 Å². The molecule has 3 rings (SSSR count). The van der Waals surface area contributed by atoms with E-state index >= 15 is 0 Å². The molecule has 25 heavy (non-hydrogen) atoms. The average Bonchev–Trinajstić information content (AvgIpc) is 3.21. The Hall–Kier alpha value is -2.94. The fourth-order valence-corrected chi connectivity index (χ4v) is 3.09. The molecule has 0 aliphatic carbocycles. The molecule has 0 fully saturated rings. The highest BCUT2D eigenvalue weighted by Crippen LogP contribution is 2.17. The molecule has 8 nitrogen and oxygen atoms in total. The largest absolute Gasteiger partial charge is 0.465 e. The highest BCUT2D eigenvalue weighted by Gasteiger charge is 2.21. The smallest absolute Gasteiger partial charge is 0.341 e. The van der Waals surface area contributed by atoms with Gasteiger partial charge < -0.3 is 14.1 Å². The van der Waals surface area contributed by atoms with Crippen molar-refractivity contribution in [2.24, 2.45) is 0 Å². The van der Waals surface area contributed by atoms with E-state index in [-0.39, 0.29) is 12.1 Å². The minimum Gasteiger partial charge on any atom is -0.465 e. The number of furan rings is 1. The van der Waals surface area contributed by atoms with Crippen LogP contribution in [0.15, 0.2) is 33.1 Å². The zero-order valence-electron chi connectivity index (χ0n) is 13.8. The van der Waals surface area contributed by atoms with Crippen LogP contribution in [-0.4, -0.2) is 40.3 Å². The van der Waals surface area contributed by atoms with Gasteiger partial charge in [0.15, 0.2) is 4.96 Å². The number of aromatic nitrogens is 2. The predicted octanol–water partition coefficient (Wildman–Crippen LogP) is 1.72. The van der Waals surface area contributed by atoms with Gasteiger partial charge in [0, 0.05) is 24.8 Å². The van der Waals surface area contributed by atoms with Crippen LogP contribution in [-0.2, 0) is 11.3 Å². The fraction of sp³-hybridized carbons (Fsp3) is 0.250. The van der Waals surface area contributed by atoms with E-state index in [0.29, 0.717) is 22.0 Å².